The van der Waals surface area contributed by atoms with Crippen LogP contribution < -0.4 is 5.73 Å². The molecule has 0 aromatic carbocycles. The fourth-order valence-corrected chi connectivity index (χ4v) is 2.15. The first-order valence-corrected chi connectivity index (χ1v) is 5.92. The summed E-state index contributed by atoms with van der Waals surface area (Å²) >= 11 is 0. The monoisotopic (exact) mass is 243 g/mol. The van der Waals surface area contributed by atoms with E-state index in [0.717, 1.165) is 12.8 Å². The van der Waals surface area contributed by atoms with Crippen LogP contribution in [0.5, 0.6) is 0 Å². The van der Waals surface area contributed by atoms with E-state index in [9.17, 15) is 14.7 Å². The van der Waals surface area contributed by atoms with Gasteiger partial charge >= 0.3 is 11.9 Å². The molecule has 0 spiro atoms. The molecule has 2 atom stereocenters. The summed E-state index contributed by atoms with van der Waals surface area (Å²) in [4.78, 5) is 23.2. The molecule has 0 aromatic heterocycles. The molecule has 0 heterocycles. The molecule has 0 aromatic rings. The van der Waals surface area contributed by atoms with Gasteiger partial charge < -0.3 is 15.6 Å². The van der Waals surface area contributed by atoms with Crippen LogP contribution in [-0.4, -0.2) is 28.2 Å². The average molecular weight is 243 g/mol. The number of carbonyl (C=O) groups excluding carboxylic acids is 1. The normalized spacial score (nSPS) is 29.8. The van der Waals surface area contributed by atoms with Gasteiger partial charge in [0, 0.05) is 0 Å². The third kappa shape index (κ3) is 3.19. The van der Waals surface area contributed by atoms with Crippen molar-refractivity contribution in [1.29, 1.82) is 0 Å². The maximum absolute atomic E-state index is 12.0. The van der Waals surface area contributed by atoms with E-state index >= 15 is 0 Å². The average Bonchev–Trinajstić information content (AvgIpc) is 2.15. The lowest BCUT2D eigenvalue weighted by molar-refractivity contribution is -0.169. The fraction of sp³-hybridized carbons (Fsp3) is 0.833. The van der Waals surface area contributed by atoms with Crippen molar-refractivity contribution in [3.63, 3.8) is 0 Å². The molecule has 5 nitrogen and oxygen atoms in total. The largest absolute Gasteiger partial charge is 0.480 e. The van der Waals surface area contributed by atoms with Gasteiger partial charge in [-0.25, -0.2) is 0 Å². The zero-order chi connectivity index (χ0) is 13.3. The molecule has 0 aliphatic heterocycles. The molecule has 1 fully saturated rings. The Morgan fingerprint density at radius 1 is 1.35 bits per heavy atom. The van der Waals surface area contributed by atoms with Crippen LogP contribution in [0.3, 0.4) is 0 Å². The summed E-state index contributed by atoms with van der Waals surface area (Å²) in [6.07, 6.45) is 2.36. The lowest BCUT2D eigenvalue weighted by atomic mass is 9.73. The van der Waals surface area contributed by atoms with Crippen molar-refractivity contribution in [1.82, 2.24) is 0 Å². The SMILES string of the molecule is CC(C)(C)OC(=O)C1CCCCC1(N)C(=O)O. The molecule has 17 heavy (non-hydrogen) atoms. The summed E-state index contributed by atoms with van der Waals surface area (Å²) in [6, 6.07) is 0. The molecule has 5 heteroatoms. The summed E-state index contributed by atoms with van der Waals surface area (Å²) in [5.41, 5.74) is 3.78. The highest BCUT2D eigenvalue weighted by molar-refractivity contribution is 5.87. The van der Waals surface area contributed by atoms with Gasteiger partial charge in [0.2, 0.25) is 0 Å². The number of esters is 1. The van der Waals surface area contributed by atoms with Gasteiger partial charge in [-0.1, -0.05) is 12.8 Å². The number of nitrogens with two attached hydrogens (primary N) is 1. The fourth-order valence-electron chi connectivity index (χ4n) is 2.15. The topological polar surface area (TPSA) is 89.6 Å². The Hall–Kier alpha value is -1.10. The maximum Gasteiger partial charge on any atom is 0.324 e. The first-order valence-electron chi connectivity index (χ1n) is 5.92. The Morgan fingerprint density at radius 2 is 1.94 bits per heavy atom. The third-order valence-corrected chi connectivity index (χ3v) is 3.04. The predicted octanol–water partition coefficient (Wildman–Crippen LogP) is 1.30. The van der Waals surface area contributed by atoms with Crippen molar-refractivity contribution in [2.75, 3.05) is 0 Å². The van der Waals surface area contributed by atoms with Crippen molar-refractivity contribution in [3.05, 3.63) is 0 Å². The molecular weight excluding hydrogens is 222 g/mol. The zero-order valence-corrected chi connectivity index (χ0v) is 10.7. The molecular formula is C12H21NO4. The highest BCUT2D eigenvalue weighted by Crippen LogP contribution is 2.34. The molecule has 0 saturated heterocycles. The summed E-state index contributed by atoms with van der Waals surface area (Å²) in [5, 5.41) is 9.18. The molecule has 3 N–H and O–H groups in total. The molecule has 1 aliphatic rings. The standard InChI is InChI=1S/C12H21NO4/c1-11(2,3)17-9(14)8-6-4-5-7-12(8,13)10(15)16/h8H,4-7,13H2,1-3H3,(H,15,16). The van der Waals surface area contributed by atoms with Gasteiger partial charge in [0.15, 0.2) is 0 Å². The number of ether oxygens (including phenoxy) is 1. The molecule has 1 rings (SSSR count). The van der Waals surface area contributed by atoms with Gasteiger partial charge in [-0.05, 0) is 33.6 Å². The Morgan fingerprint density at radius 3 is 2.41 bits per heavy atom. The first-order chi connectivity index (χ1) is 7.67. The van der Waals surface area contributed by atoms with E-state index in [-0.39, 0.29) is 0 Å². The Labute approximate surface area is 101 Å². The van der Waals surface area contributed by atoms with Crippen molar-refractivity contribution < 1.29 is 19.4 Å². The second kappa shape index (κ2) is 4.64. The Kier molecular flexibility index (Phi) is 3.81. The minimum Gasteiger partial charge on any atom is -0.480 e. The van der Waals surface area contributed by atoms with Crippen LogP contribution in [0, 0.1) is 5.92 Å². The molecule has 2 unspecified atom stereocenters. The quantitative estimate of drug-likeness (QED) is 0.713. The number of aliphatic carboxylic acids is 1. The number of hydrogen-bond donors (Lipinski definition) is 2. The summed E-state index contributed by atoms with van der Waals surface area (Å²) in [6.45, 7) is 5.27. The van der Waals surface area contributed by atoms with Crippen molar-refractivity contribution in [2.24, 2.45) is 11.7 Å². The smallest absolute Gasteiger partial charge is 0.324 e. The number of hydrogen-bond acceptors (Lipinski definition) is 4. The predicted molar refractivity (Wildman–Crippen MR) is 62.4 cm³/mol. The molecule has 0 bridgehead atoms. The molecule has 0 radical (unpaired) electrons. The minimum absolute atomic E-state index is 0.326. The van der Waals surface area contributed by atoms with Gasteiger partial charge in [-0.15, -0.1) is 0 Å². The van der Waals surface area contributed by atoms with Gasteiger partial charge in [0.1, 0.15) is 11.1 Å². The van der Waals surface area contributed by atoms with Crippen LogP contribution in [0.25, 0.3) is 0 Å². The highest BCUT2D eigenvalue weighted by atomic mass is 16.6. The summed E-state index contributed by atoms with van der Waals surface area (Å²) < 4.78 is 5.24. The van der Waals surface area contributed by atoms with E-state index < -0.39 is 29.0 Å². The van der Waals surface area contributed by atoms with Crippen LogP contribution in [0.4, 0.5) is 0 Å². The van der Waals surface area contributed by atoms with Crippen LogP contribution in [0.15, 0.2) is 0 Å². The number of carboxylic acids is 1. The second-order valence-corrected chi connectivity index (χ2v) is 5.68. The van der Waals surface area contributed by atoms with E-state index in [1.54, 1.807) is 20.8 Å². The number of carboxylic acid groups (broad SMARTS) is 1. The van der Waals surface area contributed by atoms with E-state index in [4.69, 9.17) is 10.5 Å². The lowest BCUT2D eigenvalue weighted by Gasteiger charge is -2.37. The Balaban J connectivity index is 2.86. The summed E-state index contributed by atoms with van der Waals surface area (Å²) in [5.74, 6) is -2.36. The van der Waals surface area contributed by atoms with Gasteiger partial charge in [0.05, 0.1) is 5.92 Å². The van der Waals surface area contributed by atoms with E-state index in [0.29, 0.717) is 12.8 Å². The maximum atomic E-state index is 12.0. The number of rotatable bonds is 2. The molecule has 1 saturated carbocycles. The third-order valence-electron chi connectivity index (χ3n) is 3.04. The van der Waals surface area contributed by atoms with Gasteiger partial charge in [-0.2, -0.15) is 0 Å². The molecule has 98 valence electrons. The highest BCUT2D eigenvalue weighted by Gasteiger charge is 2.49. The lowest BCUT2D eigenvalue weighted by Crippen LogP contribution is -2.58. The van der Waals surface area contributed by atoms with Crippen molar-refractivity contribution in [2.45, 2.75) is 57.6 Å². The van der Waals surface area contributed by atoms with E-state index in [1.165, 1.54) is 0 Å². The first kappa shape index (κ1) is 14.0. The minimum atomic E-state index is -1.47. The van der Waals surface area contributed by atoms with E-state index in [2.05, 4.69) is 0 Å². The molecule has 0 amide bonds. The van der Waals surface area contributed by atoms with Gasteiger partial charge in [-0.3, -0.25) is 9.59 Å². The second-order valence-electron chi connectivity index (χ2n) is 5.68. The van der Waals surface area contributed by atoms with Crippen molar-refractivity contribution in [3.8, 4) is 0 Å². The van der Waals surface area contributed by atoms with Crippen LogP contribution in [-0.2, 0) is 14.3 Å². The van der Waals surface area contributed by atoms with Crippen molar-refractivity contribution >= 4 is 11.9 Å². The zero-order valence-electron chi connectivity index (χ0n) is 10.7. The van der Waals surface area contributed by atoms with Crippen LogP contribution >= 0.6 is 0 Å². The summed E-state index contributed by atoms with van der Waals surface area (Å²) in [7, 11) is 0. The van der Waals surface area contributed by atoms with E-state index in [1.807, 2.05) is 0 Å². The molecule has 1 aliphatic carbocycles. The number of carbonyl (C=O) groups is 2. The van der Waals surface area contributed by atoms with Crippen LogP contribution in [0.1, 0.15) is 46.5 Å². The van der Waals surface area contributed by atoms with Crippen LogP contribution in [0.2, 0.25) is 0 Å². The Bertz CT molecular complexity index is 321. The van der Waals surface area contributed by atoms with Gasteiger partial charge in [0.25, 0.3) is 0 Å².